The number of carbonyl (C=O) groups is 2. The van der Waals surface area contributed by atoms with Gasteiger partial charge in [-0.1, -0.05) is 0 Å². The molecule has 0 spiro atoms. The van der Waals surface area contributed by atoms with E-state index in [1.807, 2.05) is 0 Å². The van der Waals surface area contributed by atoms with E-state index in [1.54, 1.807) is 49.4 Å². The Kier molecular flexibility index (Phi) is 6.13. The quantitative estimate of drug-likeness (QED) is 0.739. The van der Waals surface area contributed by atoms with Crippen LogP contribution < -0.4 is 10.3 Å². The number of amides is 1. The zero-order valence-corrected chi connectivity index (χ0v) is 16.1. The zero-order chi connectivity index (χ0) is 20.1. The topological polar surface area (TPSA) is 77.8 Å². The lowest BCUT2D eigenvalue weighted by molar-refractivity contribution is -0.149. The molecule has 7 heteroatoms. The number of pyridine rings is 1. The number of ether oxygens (including phenoxy) is 2. The third-order valence-corrected chi connectivity index (χ3v) is 4.84. The number of aromatic nitrogens is 1. The largest absolute Gasteiger partial charge is 0.497 e. The monoisotopic (exact) mass is 384 g/mol. The van der Waals surface area contributed by atoms with E-state index in [9.17, 15) is 14.4 Å². The SMILES string of the molecule is CCOC(=O)C1CCCN(C(=O)c2ccc(=O)n(-c3ccc(OC)cc3)c2)C1. The Morgan fingerprint density at radius 3 is 2.57 bits per heavy atom. The Balaban J connectivity index is 1.82. The fourth-order valence-corrected chi connectivity index (χ4v) is 3.35. The van der Waals surface area contributed by atoms with Gasteiger partial charge in [0.2, 0.25) is 0 Å². The number of likely N-dealkylation sites (tertiary alicyclic amines) is 1. The van der Waals surface area contributed by atoms with Crippen molar-refractivity contribution in [3.05, 3.63) is 58.5 Å². The molecular formula is C21H24N2O5. The number of methoxy groups -OCH3 is 1. The van der Waals surface area contributed by atoms with Crippen LogP contribution in [0.25, 0.3) is 5.69 Å². The second kappa shape index (κ2) is 8.73. The van der Waals surface area contributed by atoms with Crippen molar-refractivity contribution in [2.75, 3.05) is 26.8 Å². The van der Waals surface area contributed by atoms with Crippen LogP contribution in [0.2, 0.25) is 0 Å². The summed E-state index contributed by atoms with van der Waals surface area (Å²) >= 11 is 0. The average molecular weight is 384 g/mol. The molecule has 1 fully saturated rings. The standard InChI is InChI=1S/C21H24N2O5/c1-3-28-21(26)16-5-4-12-22(13-16)20(25)15-6-11-19(24)23(14-15)17-7-9-18(27-2)10-8-17/h6-11,14,16H,3-5,12-13H2,1-2H3. The highest BCUT2D eigenvalue weighted by Crippen LogP contribution is 2.20. The molecule has 1 aromatic carbocycles. The minimum absolute atomic E-state index is 0.198. The van der Waals surface area contributed by atoms with Crippen molar-refractivity contribution in [2.45, 2.75) is 19.8 Å². The molecule has 7 nitrogen and oxygen atoms in total. The third-order valence-electron chi connectivity index (χ3n) is 4.84. The Morgan fingerprint density at radius 1 is 1.14 bits per heavy atom. The molecule has 0 saturated carbocycles. The summed E-state index contributed by atoms with van der Waals surface area (Å²) in [6.45, 7) is 3.01. The number of hydrogen-bond donors (Lipinski definition) is 0. The van der Waals surface area contributed by atoms with Gasteiger partial charge < -0.3 is 14.4 Å². The molecule has 1 amide bonds. The fraction of sp³-hybridized carbons (Fsp3) is 0.381. The number of esters is 1. The fourth-order valence-electron chi connectivity index (χ4n) is 3.35. The van der Waals surface area contributed by atoms with Crippen molar-refractivity contribution in [1.82, 2.24) is 9.47 Å². The minimum Gasteiger partial charge on any atom is -0.497 e. The van der Waals surface area contributed by atoms with Crippen LogP contribution in [0.15, 0.2) is 47.4 Å². The van der Waals surface area contributed by atoms with Gasteiger partial charge in [-0.3, -0.25) is 19.0 Å². The molecule has 1 aliphatic heterocycles. The predicted molar refractivity (Wildman–Crippen MR) is 104 cm³/mol. The van der Waals surface area contributed by atoms with Gasteiger partial charge in [-0.2, -0.15) is 0 Å². The summed E-state index contributed by atoms with van der Waals surface area (Å²) in [5.74, 6) is -0.0769. The lowest BCUT2D eigenvalue weighted by atomic mass is 9.97. The van der Waals surface area contributed by atoms with E-state index in [0.29, 0.717) is 43.1 Å². The number of hydrogen-bond acceptors (Lipinski definition) is 5. The van der Waals surface area contributed by atoms with Gasteiger partial charge >= 0.3 is 5.97 Å². The predicted octanol–water partition coefficient (Wildman–Crippen LogP) is 2.26. The molecule has 0 N–H and O–H groups in total. The number of nitrogens with zero attached hydrogens (tertiary/aromatic N) is 2. The van der Waals surface area contributed by atoms with E-state index in [0.717, 1.165) is 6.42 Å². The third kappa shape index (κ3) is 4.24. The lowest BCUT2D eigenvalue weighted by Gasteiger charge is -2.31. The molecular weight excluding hydrogens is 360 g/mol. The summed E-state index contributed by atoms with van der Waals surface area (Å²) < 4.78 is 11.7. The molecule has 1 aromatic heterocycles. The Morgan fingerprint density at radius 2 is 1.89 bits per heavy atom. The molecule has 28 heavy (non-hydrogen) atoms. The molecule has 1 aliphatic rings. The lowest BCUT2D eigenvalue weighted by Crippen LogP contribution is -2.43. The normalized spacial score (nSPS) is 16.5. The maximum absolute atomic E-state index is 13.0. The smallest absolute Gasteiger partial charge is 0.310 e. The number of piperidine rings is 1. The van der Waals surface area contributed by atoms with Crippen molar-refractivity contribution in [2.24, 2.45) is 5.92 Å². The number of benzene rings is 1. The molecule has 3 rings (SSSR count). The van der Waals surface area contributed by atoms with E-state index in [2.05, 4.69) is 0 Å². The van der Waals surface area contributed by atoms with Crippen LogP contribution in [-0.2, 0) is 9.53 Å². The van der Waals surface area contributed by atoms with E-state index < -0.39 is 0 Å². The highest BCUT2D eigenvalue weighted by molar-refractivity contribution is 5.94. The van der Waals surface area contributed by atoms with Gasteiger partial charge in [-0.25, -0.2) is 0 Å². The summed E-state index contributed by atoms with van der Waals surface area (Å²) in [5.41, 5.74) is 0.813. The van der Waals surface area contributed by atoms with Crippen LogP contribution in [0, 0.1) is 5.92 Å². The molecule has 2 aromatic rings. The van der Waals surface area contributed by atoms with Gasteiger partial charge in [-0.15, -0.1) is 0 Å². The summed E-state index contributed by atoms with van der Waals surface area (Å²) in [5, 5.41) is 0. The Bertz CT molecular complexity index is 904. The highest BCUT2D eigenvalue weighted by atomic mass is 16.5. The first-order valence-electron chi connectivity index (χ1n) is 9.36. The zero-order valence-electron chi connectivity index (χ0n) is 16.1. The summed E-state index contributed by atoms with van der Waals surface area (Å²) in [7, 11) is 1.57. The maximum atomic E-state index is 13.0. The second-order valence-electron chi connectivity index (χ2n) is 6.67. The van der Waals surface area contributed by atoms with Crippen LogP contribution in [0.5, 0.6) is 5.75 Å². The van der Waals surface area contributed by atoms with Gasteiger partial charge in [-0.05, 0) is 50.1 Å². The molecule has 148 valence electrons. The van der Waals surface area contributed by atoms with Crippen molar-refractivity contribution >= 4 is 11.9 Å². The van der Waals surface area contributed by atoms with E-state index >= 15 is 0 Å². The van der Waals surface area contributed by atoms with Crippen molar-refractivity contribution in [1.29, 1.82) is 0 Å². The van der Waals surface area contributed by atoms with Crippen molar-refractivity contribution < 1.29 is 19.1 Å². The van der Waals surface area contributed by atoms with E-state index in [4.69, 9.17) is 9.47 Å². The second-order valence-corrected chi connectivity index (χ2v) is 6.67. The van der Waals surface area contributed by atoms with Crippen LogP contribution >= 0.6 is 0 Å². The van der Waals surface area contributed by atoms with Gasteiger partial charge in [0.1, 0.15) is 5.75 Å². The summed E-state index contributed by atoms with van der Waals surface area (Å²) in [4.78, 5) is 38.9. The van der Waals surface area contributed by atoms with Crippen LogP contribution in [0.3, 0.4) is 0 Å². The van der Waals surface area contributed by atoms with Crippen LogP contribution in [0.1, 0.15) is 30.1 Å². The Labute approximate surface area is 163 Å². The minimum atomic E-state index is -0.301. The van der Waals surface area contributed by atoms with Gasteiger partial charge in [0.05, 0.1) is 25.2 Å². The first-order chi connectivity index (χ1) is 13.5. The van der Waals surface area contributed by atoms with Gasteiger partial charge in [0.25, 0.3) is 11.5 Å². The first kappa shape index (κ1) is 19.7. The molecule has 0 bridgehead atoms. The highest BCUT2D eigenvalue weighted by Gasteiger charge is 2.30. The Hall–Kier alpha value is -3.09. The summed E-state index contributed by atoms with van der Waals surface area (Å²) in [6.07, 6.45) is 3.00. The first-order valence-corrected chi connectivity index (χ1v) is 9.36. The van der Waals surface area contributed by atoms with Crippen molar-refractivity contribution in [3.8, 4) is 11.4 Å². The molecule has 1 unspecified atom stereocenters. The van der Waals surface area contributed by atoms with Crippen LogP contribution in [-0.4, -0.2) is 48.1 Å². The van der Waals surface area contributed by atoms with E-state index in [-0.39, 0.29) is 23.4 Å². The van der Waals surface area contributed by atoms with Crippen molar-refractivity contribution in [3.63, 3.8) is 0 Å². The van der Waals surface area contributed by atoms with E-state index in [1.165, 1.54) is 16.7 Å². The van der Waals surface area contributed by atoms with Gasteiger partial charge in [0.15, 0.2) is 0 Å². The molecule has 0 radical (unpaired) electrons. The molecule has 1 atom stereocenters. The average Bonchev–Trinajstić information content (AvgIpc) is 2.74. The van der Waals surface area contributed by atoms with Crippen LogP contribution in [0.4, 0.5) is 0 Å². The molecule has 2 heterocycles. The maximum Gasteiger partial charge on any atom is 0.310 e. The molecule has 1 saturated heterocycles. The summed E-state index contributed by atoms with van der Waals surface area (Å²) in [6, 6.07) is 9.93. The number of carbonyl (C=O) groups excluding carboxylic acids is 2. The molecule has 0 aliphatic carbocycles. The number of rotatable bonds is 5. The van der Waals surface area contributed by atoms with Gasteiger partial charge in [0, 0.05) is 31.0 Å².